The molecule has 0 aromatic rings. The summed E-state index contributed by atoms with van der Waals surface area (Å²) in [7, 11) is 0. The molecule has 4 heteroatoms. The molecule has 2 aliphatic rings. The van der Waals surface area contributed by atoms with Crippen molar-refractivity contribution >= 4 is 11.8 Å². The Labute approximate surface area is 109 Å². The van der Waals surface area contributed by atoms with Gasteiger partial charge in [0, 0.05) is 0 Å². The van der Waals surface area contributed by atoms with Crippen molar-refractivity contribution in [1.82, 2.24) is 10.6 Å². The molecule has 1 saturated heterocycles. The SMILES string of the molecule is CC(C)CC1NC(=O)C(C2CCCCC2)NC1=O. The first-order chi connectivity index (χ1) is 8.58. The van der Waals surface area contributed by atoms with Crippen LogP contribution in [0.2, 0.25) is 0 Å². The summed E-state index contributed by atoms with van der Waals surface area (Å²) < 4.78 is 0. The molecule has 2 fully saturated rings. The van der Waals surface area contributed by atoms with Crippen LogP contribution in [0.25, 0.3) is 0 Å². The van der Waals surface area contributed by atoms with E-state index in [1.54, 1.807) is 0 Å². The van der Waals surface area contributed by atoms with Crippen molar-refractivity contribution in [3.05, 3.63) is 0 Å². The van der Waals surface area contributed by atoms with Crippen LogP contribution >= 0.6 is 0 Å². The zero-order valence-electron chi connectivity index (χ0n) is 11.4. The number of nitrogens with one attached hydrogen (secondary N) is 2. The standard InChI is InChI=1S/C14H24N2O2/c1-9(2)8-11-13(17)16-12(14(18)15-11)10-6-4-3-5-7-10/h9-12H,3-8H2,1-2H3,(H,15,18)(H,16,17). The van der Waals surface area contributed by atoms with E-state index in [0.717, 1.165) is 19.3 Å². The third kappa shape index (κ3) is 3.03. The van der Waals surface area contributed by atoms with Crippen LogP contribution in [0.3, 0.4) is 0 Å². The predicted octanol–water partition coefficient (Wildman–Crippen LogP) is 1.60. The van der Waals surface area contributed by atoms with E-state index in [9.17, 15) is 9.59 Å². The van der Waals surface area contributed by atoms with Crippen molar-refractivity contribution in [3.63, 3.8) is 0 Å². The summed E-state index contributed by atoms with van der Waals surface area (Å²) >= 11 is 0. The Hall–Kier alpha value is -1.06. The first kappa shape index (κ1) is 13.4. The second kappa shape index (κ2) is 5.72. The molecule has 2 unspecified atom stereocenters. The number of carbonyl (C=O) groups is 2. The molecular formula is C14H24N2O2. The molecule has 1 aliphatic carbocycles. The van der Waals surface area contributed by atoms with Gasteiger partial charge in [-0.05, 0) is 31.1 Å². The van der Waals surface area contributed by atoms with Crippen molar-refractivity contribution in [3.8, 4) is 0 Å². The Kier molecular flexibility index (Phi) is 4.25. The van der Waals surface area contributed by atoms with Gasteiger partial charge >= 0.3 is 0 Å². The minimum Gasteiger partial charge on any atom is -0.343 e. The van der Waals surface area contributed by atoms with Crippen LogP contribution < -0.4 is 10.6 Å². The van der Waals surface area contributed by atoms with Gasteiger partial charge in [0.05, 0.1) is 0 Å². The van der Waals surface area contributed by atoms with Crippen LogP contribution in [0.15, 0.2) is 0 Å². The third-order valence-corrected chi connectivity index (χ3v) is 4.04. The zero-order chi connectivity index (χ0) is 13.1. The van der Waals surface area contributed by atoms with E-state index in [-0.39, 0.29) is 23.9 Å². The summed E-state index contributed by atoms with van der Waals surface area (Å²) in [6, 6.07) is -0.626. The largest absolute Gasteiger partial charge is 0.343 e. The van der Waals surface area contributed by atoms with Gasteiger partial charge in [-0.3, -0.25) is 9.59 Å². The van der Waals surface area contributed by atoms with Gasteiger partial charge in [-0.15, -0.1) is 0 Å². The van der Waals surface area contributed by atoms with Gasteiger partial charge in [0.1, 0.15) is 12.1 Å². The second-order valence-corrected chi connectivity index (χ2v) is 6.08. The van der Waals surface area contributed by atoms with Gasteiger partial charge in [0.15, 0.2) is 0 Å². The molecule has 1 heterocycles. The fraction of sp³-hybridized carbons (Fsp3) is 0.857. The van der Waals surface area contributed by atoms with Crippen LogP contribution in [0.5, 0.6) is 0 Å². The zero-order valence-corrected chi connectivity index (χ0v) is 11.4. The highest BCUT2D eigenvalue weighted by atomic mass is 16.2. The number of hydrogen-bond donors (Lipinski definition) is 2. The van der Waals surface area contributed by atoms with E-state index in [1.165, 1.54) is 19.3 Å². The van der Waals surface area contributed by atoms with E-state index in [4.69, 9.17) is 0 Å². The Morgan fingerprint density at radius 3 is 2.33 bits per heavy atom. The van der Waals surface area contributed by atoms with Crippen molar-refractivity contribution < 1.29 is 9.59 Å². The molecule has 0 radical (unpaired) electrons. The van der Waals surface area contributed by atoms with Gasteiger partial charge in [0.25, 0.3) is 0 Å². The summed E-state index contributed by atoms with van der Waals surface area (Å²) in [5.41, 5.74) is 0. The molecule has 0 spiro atoms. The van der Waals surface area contributed by atoms with E-state index >= 15 is 0 Å². The Balaban J connectivity index is 1.96. The minimum atomic E-state index is -0.336. The Bertz CT molecular complexity index is 322. The van der Waals surface area contributed by atoms with Crippen LogP contribution in [0.1, 0.15) is 52.4 Å². The van der Waals surface area contributed by atoms with E-state index < -0.39 is 0 Å². The fourth-order valence-corrected chi connectivity index (χ4v) is 3.08. The number of amides is 2. The third-order valence-electron chi connectivity index (χ3n) is 4.04. The summed E-state index contributed by atoms with van der Waals surface area (Å²) in [5.74, 6) is 0.765. The monoisotopic (exact) mass is 252 g/mol. The number of piperazine rings is 1. The molecule has 1 aliphatic heterocycles. The second-order valence-electron chi connectivity index (χ2n) is 6.08. The maximum atomic E-state index is 12.1. The average Bonchev–Trinajstić information content (AvgIpc) is 2.34. The number of carbonyl (C=O) groups excluding carboxylic acids is 2. The van der Waals surface area contributed by atoms with Gasteiger partial charge in [-0.25, -0.2) is 0 Å². The van der Waals surface area contributed by atoms with Crippen molar-refractivity contribution in [1.29, 1.82) is 0 Å². The maximum Gasteiger partial charge on any atom is 0.243 e. The van der Waals surface area contributed by atoms with Crippen molar-refractivity contribution in [2.24, 2.45) is 11.8 Å². The van der Waals surface area contributed by atoms with Crippen LogP contribution in [0, 0.1) is 11.8 Å². The molecule has 0 aromatic heterocycles. The normalized spacial score (nSPS) is 30.2. The number of hydrogen-bond acceptors (Lipinski definition) is 2. The van der Waals surface area contributed by atoms with E-state index in [1.807, 2.05) is 0 Å². The van der Waals surface area contributed by atoms with Gasteiger partial charge in [0.2, 0.25) is 11.8 Å². The van der Waals surface area contributed by atoms with Crippen LogP contribution in [-0.4, -0.2) is 23.9 Å². The molecule has 2 N–H and O–H groups in total. The molecule has 2 amide bonds. The van der Waals surface area contributed by atoms with Crippen molar-refractivity contribution in [2.45, 2.75) is 64.5 Å². The first-order valence-corrected chi connectivity index (χ1v) is 7.18. The molecule has 0 bridgehead atoms. The molecular weight excluding hydrogens is 228 g/mol. The molecule has 2 atom stereocenters. The maximum absolute atomic E-state index is 12.1. The summed E-state index contributed by atoms with van der Waals surface area (Å²) in [6.07, 6.45) is 6.46. The molecule has 2 rings (SSSR count). The molecule has 0 aromatic carbocycles. The molecule has 102 valence electrons. The first-order valence-electron chi connectivity index (χ1n) is 7.18. The lowest BCUT2D eigenvalue weighted by Crippen LogP contribution is -2.64. The minimum absolute atomic E-state index is 0.00104. The highest BCUT2D eigenvalue weighted by Gasteiger charge is 2.38. The van der Waals surface area contributed by atoms with Gasteiger partial charge < -0.3 is 10.6 Å². The molecule has 4 nitrogen and oxygen atoms in total. The average molecular weight is 252 g/mol. The summed E-state index contributed by atoms with van der Waals surface area (Å²) in [5, 5.41) is 5.83. The summed E-state index contributed by atoms with van der Waals surface area (Å²) in [4.78, 5) is 24.1. The van der Waals surface area contributed by atoms with Gasteiger partial charge in [-0.1, -0.05) is 33.1 Å². The highest BCUT2D eigenvalue weighted by Crippen LogP contribution is 2.27. The smallest absolute Gasteiger partial charge is 0.243 e. The molecule has 1 saturated carbocycles. The van der Waals surface area contributed by atoms with Gasteiger partial charge in [-0.2, -0.15) is 0 Å². The fourth-order valence-electron chi connectivity index (χ4n) is 3.08. The predicted molar refractivity (Wildman–Crippen MR) is 69.9 cm³/mol. The van der Waals surface area contributed by atoms with E-state index in [2.05, 4.69) is 24.5 Å². The van der Waals surface area contributed by atoms with Crippen LogP contribution in [-0.2, 0) is 9.59 Å². The summed E-state index contributed by atoms with van der Waals surface area (Å²) in [6.45, 7) is 4.12. The highest BCUT2D eigenvalue weighted by molar-refractivity contribution is 5.97. The number of rotatable bonds is 3. The lowest BCUT2D eigenvalue weighted by atomic mass is 9.82. The lowest BCUT2D eigenvalue weighted by Gasteiger charge is -2.36. The van der Waals surface area contributed by atoms with Crippen molar-refractivity contribution in [2.75, 3.05) is 0 Å². The van der Waals surface area contributed by atoms with E-state index in [0.29, 0.717) is 11.8 Å². The molecule has 18 heavy (non-hydrogen) atoms. The Morgan fingerprint density at radius 2 is 1.72 bits per heavy atom. The Morgan fingerprint density at radius 1 is 1.06 bits per heavy atom. The quantitative estimate of drug-likeness (QED) is 0.801. The topological polar surface area (TPSA) is 58.2 Å². The lowest BCUT2D eigenvalue weighted by molar-refractivity contribution is -0.138. The van der Waals surface area contributed by atoms with Crippen LogP contribution in [0.4, 0.5) is 0 Å².